The SMILES string of the molecule is O=S(CC1(O)CCCC1)c1ccccc1F. The molecule has 0 aromatic heterocycles. The van der Waals surface area contributed by atoms with E-state index in [1.54, 1.807) is 12.1 Å². The van der Waals surface area contributed by atoms with Gasteiger partial charge in [0.2, 0.25) is 0 Å². The van der Waals surface area contributed by atoms with Gasteiger partial charge in [-0.3, -0.25) is 4.21 Å². The first-order valence-corrected chi connectivity index (χ1v) is 6.78. The van der Waals surface area contributed by atoms with E-state index in [4.69, 9.17) is 0 Å². The van der Waals surface area contributed by atoms with Gasteiger partial charge >= 0.3 is 0 Å². The molecule has 4 heteroatoms. The van der Waals surface area contributed by atoms with Crippen LogP contribution in [0.25, 0.3) is 0 Å². The highest BCUT2D eigenvalue weighted by Crippen LogP contribution is 2.31. The topological polar surface area (TPSA) is 37.3 Å². The first kappa shape index (κ1) is 11.7. The molecule has 0 aliphatic heterocycles. The van der Waals surface area contributed by atoms with E-state index in [1.807, 2.05) is 0 Å². The summed E-state index contributed by atoms with van der Waals surface area (Å²) in [5.74, 6) is -0.309. The second-order valence-electron chi connectivity index (χ2n) is 4.35. The molecule has 2 rings (SSSR count). The Morgan fingerprint density at radius 1 is 1.31 bits per heavy atom. The van der Waals surface area contributed by atoms with Crippen molar-refractivity contribution in [2.24, 2.45) is 0 Å². The van der Waals surface area contributed by atoms with E-state index in [9.17, 15) is 13.7 Å². The molecule has 0 saturated heterocycles. The third kappa shape index (κ3) is 2.50. The lowest BCUT2D eigenvalue weighted by molar-refractivity contribution is 0.0723. The molecule has 1 saturated carbocycles. The molecule has 16 heavy (non-hydrogen) atoms. The highest BCUT2D eigenvalue weighted by Gasteiger charge is 2.33. The van der Waals surface area contributed by atoms with Gasteiger partial charge in [-0.1, -0.05) is 25.0 Å². The molecule has 88 valence electrons. The van der Waals surface area contributed by atoms with Crippen LogP contribution in [0.3, 0.4) is 0 Å². The van der Waals surface area contributed by atoms with Crippen LogP contribution in [0.5, 0.6) is 0 Å². The van der Waals surface area contributed by atoms with Gasteiger partial charge in [-0.15, -0.1) is 0 Å². The summed E-state index contributed by atoms with van der Waals surface area (Å²) in [6.07, 6.45) is 3.27. The van der Waals surface area contributed by atoms with Crippen LogP contribution in [0.2, 0.25) is 0 Å². The van der Waals surface area contributed by atoms with Gasteiger partial charge in [0, 0.05) is 0 Å². The van der Waals surface area contributed by atoms with E-state index in [0.29, 0.717) is 12.8 Å². The van der Waals surface area contributed by atoms with Gasteiger partial charge in [0.05, 0.1) is 27.0 Å². The van der Waals surface area contributed by atoms with Crippen molar-refractivity contribution >= 4 is 10.8 Å². The van der Waals surface area contributed by atoms with Gasteiger partial charge < -0.3 is 5.11 Å². The summed E-state index contributed by atoms with van der Waals surface area (Å²) >= 11 is 0. The van der Waals surface area contributed by atoms with Crippen LogP contribution in [-0.2, 0) is 10.8 Å². The summed E-state index contributed by atoms with van der Waals surface area (Å²) in [6.45, 7) is 0. The number of halogens is 1. The van der Waals surface area contributed by atoms with E-state index in [1.165, 1.54) is 12.1 Å². The quantitative estimate of drug-likeness (QED) is 0.882. The van der Waals surface area contributed by atoms with Gasteiger partial charge in [-0.2, -0.15) is 0 Å². The minimum Gasteiger partial charge on any atom is -0.389 e. The molecular formula is C12H15FO2S. The minimum absolute atomic E-state index is 0.147. The van der Waals surface area contributed by atoms with Crippen molar-refractivity contribution in [3.63, 3.8) is 0 Å². The average Bonchev–Trinajstić information content (AvgIpc) is 2.65. The minimum atomic E-state index is -1.45. The molecule has 1 aromatic carbocycles. The number of benzene rings is 1. The Kier molecular flexibility index (Phi) is 3.40. The normalized spacial score (nSPS) is 20.9. The summed E-state index contributed by atoms with van der Waals surface area (Å²) in [7, 11) is -1.45. The summed E-state index contributed by atoms with van der Waals surface area (Å²) in [6, 6.07) is 6.05. The van der Waals surface area contributed by atoms with E-state index < -0.39 is 22.2 Å². The monoisotopic (exact) mass is 242 g/mol. The number of aliphatic hydroxyl groups is 1. The third-order valence-corrected chi connectivity index (χ3v) is 4.64. The van der Waals surface area contributed by atoms with E-state index in [-0.39, 0.29) is 10.6 Å². The molecule has 0 bridgehead atoms. The van der Waals surface area contributed by atoms with Gasteiger partial charge in [-0.25, -0.2) is 4.39 Å². The van der Waals surface area contributed by atoms with Crippen molar-refractivity contribution in [2.45, 2.75) is 36.2 Å². The van der Waals surface area contributed by atoms with Crippen LogP contribution in [0.15, 0.2) is 29.2 Å². The fourth-order valence-electron chi connectivity index (χ4n) is 2.13. The highest BCUT2D eigenvalue weighted by molar-refractivity contribution is 7.85. The Bertz CT molecular complexity index is 400. The Morgan fingerprint density at radius 3 is 2.56 bits per heavy atom. The molecule has 1 fully saturated rings. The molecular weight excluding hydrogens is 227 g/mol. The molecule has 0 radical (unpaired) electrons. The van der Waals surface area contributed by atoms with Crippen LogP contribution >= 0.6 is 0 Å². The second kappa shape index (κ2) is 4.63. The lowest BCUT2D eigenvalue weighted by Gasteiger charge is -2.21. The van der Waals surface area contributed by atoms with Crippen LogP contribution in [0.1, 0.15) is 25.7 Å². The predicted octanol–water partition coefficient (Wildman–Crippen LogP) is 2.24. The Balaban J connectivity index is 2.11. The summed E-state index contributed by atoms with van der Waals surface area (Å²) in [5.41, 5.74) is -0.854. The van der Waals surface area contributed by atoms with E-state index in [0.717, 1.165) is 12.8 Å². The number of hydrogen-bond donors (Lipinski definition) is 1. The van der Waals surface area contributed by atoms with Gasteiger partial charge in [0.25, 0.3) is 0 Å². The molecule has 1 N–H and O–H groups in total. The highest BCUT2D eigenvalue weighted by atomic mass is 32.2. The molecule has 1 aliphatic carbocycles. The Hall–Kier alpha value is -0.740. The summed E-state index contributed by atoms with van der Waals surface area (Å²) in [4.78, 5) is 0.197. The van der Waals surface area contributed by atoms with Crippen LogP contribution in [-0.4, -0.2) is 20.7 Å². The smallest absolute Gasteiger partial charge is 0.139 e. The largest absolute Gasteiger partial charge is 0.389 e. The zero-order chi connectivity index (χ0) is 11.6. The van der Waals surface area contributed by atoms with Gasteiger partial charge in [0.1, 0.15) is 5.82 Å². The Morgan fingerprint density at radius 2 is 1.94 bits per heavy atom. The maximum absolute atomic E-state index is 13.4. The lowest BCUT2D eigenvalue weighted by Crippen LogP contribution is -2.31. The maximum atomic E-state index is 13.4. The summed E-state index contributed by atoms with van der Waals surface area (Å²) in [5, 5.41) is 10.1. The van der Waals surface area contributed by atoms with E-state index >= 15 is 0 Å². The summed E-state index contributed by atoms with van der Waals surface area (Å²) < 4.78 is 25.3. The van der Waals surface area contributed by atoms with Crippen molar-refractivity contribution < 1.29 is 13.7 Å². The second-order valence-corrected chi connectivity index (χ2v) is 5.77. The molecule has 0 amide bonds. The van der Waals surface area contributed by atoms with Crippen LogP contribution in [0.4, 0.5) is 4.39 Å². The zero-order valence-electron chi connectivity index (χ0n) is 8.99. The van der Waals surface area contributed by atoms with Crippen molar-refractivity contribution in [1.29, 1.82) is 0 Å². The fraction of sp³-hybridized carbons (Fsp3) is 0.500. The van der Waals surface area contributed by atoms with E-state index in [2.05, 4.69) is 0 Å². The van der Waals surface area contributed by atoms with Crippen LogP contribution < -0.4 is 0 Å². The standard InChI is InChI=1S/C12H15FO2S/c13-10-5-1-2-6-11(10)16(15)9-12(14)7-3-4-8-12/h1-2,5-6,14H,3-4,7-9H2. The molecule has 1 atom stereocenters. The maximum Gasteiger partial charge on any atom is 0.139 e. The molecule has 2 nitrogen and oxygen atoms in total. The fourth-order valence-corrected chi connectivity index (χ4v) is 3.58. The average molecular weight is 242 g/mol. The van der Waals surface area contributed by atoms with Crippen molar-refractivity contribution in [3.05, 3.63) is 30.1 Å². The van der Waals surface area contributed by atoms with Crippen LogP contribution in [0, 0.1) is 5.82 Å². The predicted molar refractivity (Wildman–Crippen MR) is 61.1 cm³/mol. The molecule has 1 aliphatic rings. The first-order valence-electron chi connectivity index (χ1n) is 5.46. The lowest BCUT2D eigenvalue weighted by atomic mass is 10.1. The molecule has 1 aromatic rings. The van der Waals surface area contributed by atoms with Crippen molar-refractivity contribution in [2.75, 3.05) is 5.75 Å². The van der Waals surface area contributed by atoms with Gasteiger partial charge in [-0.05, 0) is 25.0 Å². The third-order valence-electron chi connectivity index (χ3n) is 3.02. The molecule has 0 spiro atoms. The molecule has 0 heterocycles. The number of rotatable bonds is 3. The first-order chi connectivity index (χ1) is 7.61. The Labute approximate surface area is 96.9 Å². The zero-order valence-corrected chi connectivity index (χ0v) is 9.80. The van der Waals surface area contributed by atoms with Crippen molar-refractivity contribution in [3.8, 4) is 0 Å². The molecule has 1 unspecified atom stereocenters. The number of hydrogen-bond acceptors (Lipinski definition) is 2. The van der Waals surface area contributed by atoms with Gasteiger partial charge in [0.15, 0.2) is 0 Å². The van der Waals surface area contributed by atoms with Crippen molar-refractivity contribution in [1.82, 2.24) is 0 Å².